The highest BCUT2D eigenvalue weighted by molar-refractivity contribution is 9.10. The lowest BCUT2D eigenvalue weighted by Crippen LogP contribution is -2.05. The van der Waals surface area contributed by atoms with Gasteiger partial charge in [0, 0.05) is 23.1 Å². The van der Waals surface area contributed by atoms with Crippen LogP contribution in [-0.4, -0.2) is 13.2 Å². The Hall–Kier alpha value is -1.48. The van der Waals surface area contributed by atoms with Crippen molar-refractivity contribution in [3.8, 4) is 5.75 Å². The molecule has 2 aromatic carbocycles. The van der Waals surface area contributed by atoms with E-state index in [1.165, 1.54) is 16.7 Å². The second-order valence-corrected chi connectivity index (χ2v) is 6.05. The summed E-state index contributed by atoms with van der Waals surface area (Å²) in [6, 6.07) is 12.9. The van der Waals surface area contributed by atoms with Gasteiger partial charge >= 0.3 is 0 Å². The van der Waals surface area contributed by atoms with Gasteiger partial charge in [-0.2, -0.15) is 0 Å². The molecule has 0 atom stereocenters. The zero-order valence-corrected chi connectivity index (χ0v) is 13.2. The van der Waals surface area contributed by atoms with Gasteiger partial charge in [-0.05, 0) is 64.2 Å². The molecule has 0 radical (unpaired) electrons. The van der Waals surface area contributed by atoms with Crippen LogP contribution in [0.5, 0.6) is 5.75 Å². The van der Waals surface area contributed by atoms with Crippen molar-refractivity contribution in [2.24, 2.45) is 0 Å². The predicted molar refractivity (Wildman–Crippen MR) is 86.7 cm³/mol. The molecule has 3 rings (SSSR count). The third-order valence-electron chi connectivity index (χ3n) is 3.60. The van der Waals surface area contributed by atoms with Gasteiger partial charge in [-0.15, -0.1) is 0 Å². The third kappa shape index (κ3) is 2.98. The minimum absolute atomic E-state index is 0.827. The van der Waals surface area contributed by atoms with E-state index in [-0.39, 0.29) is 0 Å². The van der Waals surface area contributed by atoms with E-state index in [4.69, 9.17) is 4.74 Å². The molecule has 2 nitrogen and oxygen atoms in total. The van der Waals surface area contributed by atoms with Gasteiger partial charge < -0.3 is 10.1 Å². The van der Waals surface area contributed by atoms with Crippen molar-refractivity contribution in [3.63, 3.8) is 0 Å². The number of fused-ring (bicyclic) bond motifs is 1. The van der Waals surface area contributed by atoms with E-state index in [0.717, 1.165) is 41.9 Å². The first-order chi connectivity index (χ1) is 9.72. The maximum Gasteiger partial charge on any atom is 0.122 e. The summed E-state index contributed by atoms with van der Waals surface area (Å²) in [6.45, 7) is 3.87. The van der Waals surface area contributed by atoms with E-state index in [0.29, 0.717) is 0 Å². The van der Waals surface area contributed by atoms with Crippen LogP contribution in [0.25, 0.3) is 0 Å². The Kier molecular flexibility index (Phi) is 3.97. The van der Waals surface area contributed by atoms with Gasteiger partial charge in [-0.1, -0.05) is 18.2 Å². The van der Waals surface area contributed by atoms with E-state index in [1.807, 2.05) is 0 Å². The average molecular weight is 332 g/mol. The van der Waals surface area contributed by atoms with Crippen molar-refractivity contribution in [2.75, 3.05) is 18.5 Å². The molecular weight excluding hydrogens is 314 g/mol. The standard InChI is InChI=1S/C17H18BrNO/c1-12-2-4-15(18)16(10-12)19-8-6-13-3-5-17-14(11-13)7-9-20-17/h2-5,10-11,19H,6-9H2,1H3. The highest BCUT2D eigenvalue weighted by atomic mass is 79.9. The lowest BCUT2D eigenvalue weighted by Gasteiger charge is -2.10. The Bertz CT molecular complexity index is 624. The molecule has 0 unspecified atom stereocenters. The van der Waals surface area contributed by atoms with E-state index in [1.54, 1.807) is 0 Å². The van der Waals surface area contributed by atoms with Crippen LogP contribution in [-0.2, 0) is 12.8 Å². The number of benzene rings is 2. The number of rotatable bonds is 4. The largest absolute Gasteiger partial charge is 0.493 e. The normalized spacial score (nSPS) is 12.9. The molecule has 1 N–H and O–H groups in total. The molecule has 0 saturated carbocycles. The summed E-state index contributed by atoms with van der Waals surface area (Å²) < 4.78 is 6.65. The molecule has 1 aliphatic rings. The van der Waals surface area contributed by atoms with Gasteiger partial charge in [0.25, 0.3) is 0 Å². The van der Waals surface area contributed by atoms with Crippen LogP contribution >= 0.6 is 15.9 Å². The molecule has 0 fully saturated rings. The molecule has 0 aromatic heterocycles. The molecule has 1 heterocycles. The Labute approximate surface area is 128 Å². The fraction of sp³-hybridized carbons (Fsp3) is 0.294. The molecule has 0 amide bonds. The lowest BCUT2D eigenvalue weighted by molar-refractivity contribution is 0.357. The molecule has 0 spiro atoms. The number of ether oxygens (including phenoxy) is 1. The first kappa shape index (κ1) is 13.5. The fourth-order valence-corrected chi connectivity index (χ4v) is 2.90. The molecule has 3 heteroatoms. The van der Waals surface area contributed by atoms with Crippen molar-refractivity contribution in [1.29, 1.82) is 0 Å². The lowest BCUT2D eigenvalue weighted by atomic mass is 10.1. The Morgan fingerprint density at radius 2 is 2.10 bits per heavy atom. The molecule has 0 saturated heterocycles. The van der Waals surface area contributed by atoms with Gasteiger partial charge in [0.05, 0.1) is 6.61 Å². The zero-order valence-electron chi connectivity index (χ0n) is 11.6. The van der Waals surface area contributed by atoms with Crippen molar-refractivity contribution >= 4 is 21.6 Å². The summed E-state index contributed by atoms with van der Waals surface area (Å²) in [7, 11) is 0. The van der Waals surface area contributed by atoms with Gasteiger partial charge in [0.15, 0.2) is 0 Å². The van der Waals surface area contributed by atoms with Crippen molar-refractivity contribution in [1.82, 2.24) is 0 Å². The van der Waals surface area contributed by atoms with Gasteiger partial charge in [-0.3, -0.25) is 0 Å². The summed E-state index contributed by atoms with van der Waals surface area (Å²) >= 11 is 3.58. The van der Waals surface area contributed by atoms with Gasteiger partial charge in [0.1, 0.15) is 5.75 Å². The van der Waals surface area contributed by atoms with Crippen molar-refractivity contribution in [2.45, 2.75) is 19.8 Å². The smallest absolute Gasteiger partial charge is 0.122 e. The van der Waals surface area contributed by atoms with E-state index >= 15 is 0 Å². The molecule has 0 aliphatic carbocycles. The highest BCUT2D eigenvalue weighted by Crippen LogP contribution is 2.26. The van der Waals surface area contributed by atoms with Crippen LogP contribution in [0.2, 0.25) is 0 Å². The van der Waals surface area contributed by atoms with Crippen molar-refractivity contribution in [3.05, 3.63) is 57.6 Å². The first-order valence-electron chi connectivity index (χ1n) is 6.97. The van der Waals surface area contributed by atoms with E-state index in [9.17, 15) is 0 Å². The number of aryl methyl sites for hydroxylation is 1. The number of hydrogen-bond acceptors (Lipinski definition) is 2. The molecule has 104 valence electrons. The molecule has 2 aromatic rings. The van der Waals surface area contributed by atoms with Gasteiger partial charge in [-0.25, -0.2) is 0 Å². The molecular formula is C17H18BrNO. The van der Waals surface area contributed by atoms with Crippen LogP contribution in [0.15, 0.2) is 40.9 Å². The topological polar surface area (TPSA) is 21.3 Å². The maximum atomic E-state index is 5.53. The van der Waals surface area contributed by atoms with E-state index < -0.39 is 0 Å². The third-order valence-corrected chi connectivity index (χ3v) is 4.30. The fourth-order valence-electron chi connectivity index (χ4n) is 2.51. The summed E-state index contributed by atoms with van der Waals surface area (Å²) in [5.41, 5.74) is 5.14. The quantitative estimate of drug-likeness (QED) is 0.899. The first-order valence-corrected chi connectivity index (χ1v) is 7.76. The van der Waals surface area contributed by atoms with Crippen LogP contribution in [0, 0.1) is 6.92 Å². The summed E-state index contributed by atoms with van der Waals surface area (Å²) in [5, 5.41) is 3.49. The Morgan fingerprint density at radius 3 is 3.00 bits per heavy atom. The van der Waals surface area contributed by atoms with Crippen LogP contribution in [0.4, 0.5) is 5.69 Å². The number of hydrogen-bond donors (Lipinski definition) is 1. The van der Waals surface area contributed by atoms with Crippen molar-refractivity contribution < 1.29 is 4.74 Å². The summed E-state index contributed by atoms with van der Waals surface area (Å²) in [6.07, 6.45) is 2.06. The minimum atomic E-state index is 0.827. The van der Waals surface area contributed by atoms with Crippen LogP contribution < -0.4 is 10.1 Å². The maximum absolute atomic E-state index is 5.53. The Balaban J connectivity index is 1.61. The van der Waals surface area contributed by atoms with Gasteiger partial charge in [0.2, 0.25) is 0 Å². The van der Waals surface area contributed by atoms with Crippen LogP contribution in [0.1, 0.15) is 16.7 Å². The highest BCUT2D eigenvalue weighted by Gasteiger charge is 2.11. The number of nitrogens with one attached hydrogen (secondary N) is 1. The minimum Gasteiger partial charge on any atom is -0.493 e. The number of anilines is 1. The van der Waals surface area contributed by atoms with E-state index in [2.05, 4.69) is 64.6 Å². The predicted octanol–water partition coefficient (Wildman–Crippen LogP) is 4.35. The average Bonchev–Trinajstić information content (AvgIpc) is 2.90. The summed E-state index contributed by atoms with van der Waals surface area (Å²) in [4.78, 5) is 0. The second kappa shape index (κ2) is 5.88. The molecule has 20 heavy (non-hydrogen) atoms. The SMILES string of the molecule is Cc1ccc(Br)c(NCCc2ccc3c(c2)CCO3)c1. The summed E-state index contributed by atoms with van der Waals surface area (Å²) in [5.74, 6) is 1.06. The van der Waals surface area contributed by atoms with Crippen LogP contribution in [0.3, 0.4) is 0 Å². The molecule has 1 aliphatic heterocycles. The second-order valence-electron chi connectivity index (χ2n) is 5.20. The molecule has 0 bridgehead atoms. The zero-order chi connectivity index (χ0) is 13.9. The monoisotopic (exact) mass is 331 g/mol. The Morgan fingerprint density at radius 1 is 1.20 bits per heavy atom. The number of halogens is 1.